The summed E-state index contributed by atoms with van der Waals surface area (Å²) in [6, 6.07) is -2.74. The van der Waals surface area contributed by atoms with Gasteiger partial charge in [0.25, 0.3) is 0 Å². The van der Waals surface area contributed by atoms with E-state index in [0.717, 1.165) is 30.3 Å². The standard InChI is InChI=1S/C30H26Cl2F8N2O7/c1-27(2,8-9-47-10-11-48-25(45)29(35,36)37)13-20-28(14-41,17-7-6-15(31)12-19(17)33)21(16-4-3-5-18(32)22(16)34)23(24(43)44)42(20)30(38,39)26(46)49-40/h3-7,12,20-21,23H,8-11,13H2,1-2H3,(H,43,44)/t20-,21-,23+,28-/m0/s1. The molecule has 1 aliphatic heterocycles. The summed E-state index contributed by atoms with van der Waals surface area (Å²) >= 11 is 11.9. The van der Waals surface area contributed by atoms with Crippen LogP contribution < -0.4 is 0 Å². The fraction of sp³-hybridized carbons (Fsp3) is 0.467. The molecule has 4 atom stereocenters. The highest BCUT2D eigenvalue weighted by Gasteiger charge is 2.72. The Hall–Kier alpha value is -3.72. The molecule has 0 aromatic heterocycles. The summed E-state index contributed by atoms with van der Waals surface area (Å²) in [6.07, 6.45) is -6.16. The molecule has 1 saturated heterocycles. The molecule has 19 heteroatoms. The van der Waals surface area contributed by atoms with E-state index < -0.39 is 106 Å². The summed E-state index contributed by atoms with van der Waals surface area (Å²) in [5, 5.41) is 20.4. The summed E-state index contributed by atoms with van der Waals surface area (Å²) in [7, 11) is 0. The van der Waals surface area contributed by atoms with Crippen LogP contribution in [0.2, 0.25) is 10.0 Å². The first kappa shape index (κ1) is 39.7. The van der Waals surface area contributed by atoms with Crippen LogP contribution in [0.3, 0.4) is 0 Å². The second kappa shape index (κ2) is 15.0. The maximum Gasteiger partial charge on any atom is 0.490 e. The lowest BCUT2D eigenvalue weighted by molar-refractivity contribution is -0.245. The largest absolute Gasteiger partial charge is 0.490 e. The van der Waals surface area contributed by atoms with E-state index in [1.165, 1.54) is 13.8 Å². The quantitative estimate of drug-likeness (QED) is 0.101. The van der Waals surface area contributed by atoms with Crippen LogP contribution in [0.1, 0.15) is 43.7 Å². The van der Waals surface area contributed by atoms with Crippen molar-refractivity contribution >= 4 is 41.1 Å². The zero-order chi connectivity index (χ0) is 37.1. The predicted molar refractivity (Wildman–Crippen MR) is 153 cm³/mol. The number of benzene rings is 2. The van der Waals surface area contributed by atoms with E-state index in [-0.39, 0.29) is 23.0 Å². The Labute approximate surface area is 283 Å². The molecule has 49 heavy (non-hydrogen) atoms. The Bertz CT molecular complexity index is 1620. The fourth-order valence-corrected chi connectivity index (χ4v) is 6.32. The van der Waals surface area contributed by atoms with Crippen molar-refractivity contribution in [3.63, 3.8) is 0 Å². The van der Waals surface area contributed by atoms with Crippen LogP contribution in [0.15, 0.2) is 36.4 Å². The number of aliphatic carboxylic acids is 1. The lowest BCUT2D eigenvalue weighted by Crippen LogP contribution is -2.58. The van der Waals surface area contributed by atoms with Gasteiger partial charge in [-0.3, -0.25) is 4.79 Å². The van der Waals surface area contributed by atoms with Crippen LogP contribution in [0.5, 0.6) is 0 Å². The third kappa shape index (κ3) is 8.03. The Morgan fingerprint density at radius 1 is 1.02 bits per heavy atom. The number of carbonyl (C=O) groups excluding carboxylic acids is 2. The number of nitriles is 1. The van der Waals surface area contributed by atoms with Crippen LogP contribution in [0.25, 0.3) is 0 Å². The second-order valence-corrected chi connectivity index (χ2v) is 12.5. The van der Waals surface area contributed by atoms with Crippen LogP contribution in [-0.4, -0.2) is 72.0 Å². The van der Waals surface area contributed by atoms with Crippen molar-refractivity contribution in [2.45, 2.75) is 62.3 Å². The first-order valence-electron chi connectivity index (χ1n) is 14.0. The molecule has 1 aliphatic rings. The van der Waals surface area contributed by atoms with Crippen LogP contribution in [0, 0.1) is 28.4 Å². The van der Waals surface area contributed by atoms with Crippen molar-refractivity contribution in [2.24, 2.45) is 5.41 Å². The van der Waals surface area contributed by atoms with Gasteiger partial charge in [-0.05, 0) is 42.0 Å². The molecule has 1 N–H and O–H groups in total. The highest BCUT2D eigenvalue weighted by molar-refractivity contribution is 6.31. The highest BCUT2D eigenvalue weighted by atomic mass is 35.5. The van der Waals surface area contributed by atoms with E-state index in [0.29, 0.717) is 6.07 Å². The van der Waals surface area contributed by atoms with Gasteiger partial charge in [0.15, 0.2) is 0 Å². The van der Waals surface area contributed by atoms with E-state index in [4.69, 9.17) is 27.9 Å². The van der Waals surface area contributed by atoms with Crippen LogP contribution >= 0.6 is 23.2 Å². The molecule has 1 heterocycles. The number of carbonyl (C=O) groups is 3. The lowest BCUT2D eigenvalue weighted by atomic mass is 9.62. The average Bonchev–Trinajstić information content (AvgIpc) is 3.29. The normalized spacial score (nSPS) is 21.7. The van der Waals surface area contributed by atoms with Crippen molar-refractivity contribution < 1.29 is 69.2 Å². The molecule has 3 rings (SSSR count). The molecule has 0 radical (unpaired) electrons. The molecule has 0 bridgehead atoms. The average molecular weight is 749 g/mol. The third-order valence-corrected chi connectivity index (χ3v) is 8.63. The fourth-order valence-electron chi connectivity index (χ4n) is 5.98. The summed E-state index contributed by atoms with van der Waals surface area (Å²) < 4.78 is 123. The van der Waals surface area contributed by atoms with Crippen LogP contribution in [0.4, 0.5) is 35.3 Å². The van der Waals surface area contributed by atoms with Gasteiger partial charge in [-0.25, -0.2) is 28.2 Å². The zero-order valence-corrected chi connectivity index (χ0v) is 26.8. The summed E-state index contributed by atoms with van der Waals surface area (Å²) in [5.41, 5.74) is -5.63. The van der Waals surface area contributed by atoms with Gasteiger partial charge in [-0.1, -0.05) is 55.2 Å². The number of hydrogen-bond donors (Lipinski definition) is 1. The van der Waals surface area contributed by atoms with Gasteiger partial charge in [-0.2, -0.15) is 27.2 Å². The van der Waals surface area contributed by atoms with Gasteiger partial charge in [0.2, 0.25) is 0 Å². The van der Waals surface area contributed by atoms with E-state index in [2.05, 4.69) is 9.68 Å². The smallest absolute Gasteiger partial charge is 0.480 e. The summed E-state index contributed by atoms with van der Waals surface area (Å²) in [5.74, 6) is -12.4. The molecular weight excluding hydrogens is 723 g/mol. The Kier molecular flexibility index (Phi) is 12.2. The minimum Gasteiger partial charge on any atom is -0.480 e. The van der Waals surface area contributed by atoms with Gasteiger partial charge in [0.1, 0.15) is 29.7 Å². The molecule has 0 unspecified atom stereocenters. The third-order valence-electron chi connectivity index (χ3n) is 8.10. The number of rotatable bonds is 13. The summed E-state index contributed by atoms with van der Waals surface area (Å²) in [4.78, 5) is 38.4. The predicted octanol–water partition coefficient (Wildman–Crippen LogP) is 6.90. The van der Waals surface area contributed by atoms with Crippen molar-refractivity contribution in [3.8, 4) is 6.07 Å². The monoisotopic (exact) mass is 748 g/mol. The van der Waals surface area contributed by atoms with Gasteiger partial charge in [0, 0.05) is 33.7 Å². The maximum atomic E-state index is 16.0. The maximum absolute atomic E-state index is 16.0. The number of nitrogens with zero attached hydrogens (tertiary/aromatic N) is 2. The van der Waals surface area contributed by atoms with E-state index in [9.17, 15) is 42.4 Å². The van der Waals surface area contributed by atoms with Crippen molar-refractivity contribution in [1.29, 1.82) is 5.26 Å². The van der Waals surface area contributed by atoms with Gasteiger partial charge in [0.05, 0.1) is 17.7 Å². The van der Waals surface area contributed by atoms with E-state index in [1.807, 2.05) is 0 Å². The molecular formula is C30H26Cl2F8N2O7. The summed E-state index contributed by atoms with van der Waals surface area (Å²) in [6.45, 7) is 1.10. The molecule has 0 spiro atoms. The lowest BCUT2D eigenvalue weighted by Gasteiger charge is -2.41. The number of ether oxygens (including phenoxy) is 2. The SMILES string of the molecule is CC(C)(CCOCCOC(=O)C(F)(F)F)C[C@@H]1N(C(F)(F)C(=O)OF)[C@@H](C(=O)O)[C@H](c2cccc(Cl)c2F)[C@@]1(C#N)c1ccc(Cl)cc1F. The molecule has 1 fully saturated rings. The van der Waals surface area contributed by atoms with Crippen molar-refractivity contribution in [2.75, 3.05) is 19.8 Å². The first-order chi connectivity index (χ1) is 22.7. The van der Waals surface area contributed by atoms with E-state index >= 15 is 17.6 Å². The number of halogens is 10. The number of hydrogen-bond acceptors (Lipinski definition) is 8. The van der Waals surface area contributed by atoms with E-state index in [1.54, 1.807) is 6.07 Å². The minimum atomic E-state index is -5.25. The first-order valence-corrected chi connectivity index (χ1v) is 14.8. The number of carboxylic acid groups (broad SMARTS) is 1. The van der Waals surface area contributed by atoms with Gasteiger partial charge >= 0.3 is 30.1 Å². The molecule has 268 valence electrons. The van der Waals surface area contributed by atoms with Crippen molar-refractivity contribution in [1.82, 2.24) is 4.90 Å². The number of carboxylic acids is 1. The molecule has 2 aromatic carbocycles. The van der Waals surface area contributed by atoms with Gasteiger partial charge < -0.3 is 14.6 Å². The molecule has 0 saturated carbocycles. The topological polar surface area (TPSA) is 126 Å². The van der Waals surface area contributed by atoms with Crippen LogP contribution in [-0.2, 0) is 34.2 Å². The zero-order valence-electron chi connectivity index (χ0n) is 25.3. The minimum absolute atomic E-state index is 0.178. The molecule has 0 aliphatic carbocycles. The second-order valence-electron chi connectivity index (χ2n) is 11.7. The van der Waals surface area contributed by atoms with Gasteiger partial charge in [-0.15, -0.1) is 0 Å². The Balaban J connectivity index is 2.22. The molecule has 9 nitrogen and oxygen atoms in total. The number of esters is 1. The number of likely N-dealkylation sites (tertiary alicyclic amines) is 1. The Morgan fingerprint density at radius 3 is 2.22 bits per heavy atom. The molecule has 0 amide bonds. The molecule has 2 aromatic rings. The number of alkyl halides is 5. The Morgan fingerprint density at radius 2 is 1.67 bits per heavy atom. The highest BCUT2D eigenvalue weighted by Crippen LogP contribution is 2.59. The van der Waals surface area contributed by atoms with Crippen molar-refractivity contribution in [3.05, 3.63) is 69.2 Å².